The van der Waals surface area contributed by atoms with Crippen molar-refractivity contribution in [1.82, 2.24) is 0 Å². The smallest absolute Gasteiger partial charge is 0.300 e. The largest absolute Gasteiger partial charge is 0.416 e. The third-order valence-corrected chi connectivity index (χ3v) is 3.90. The van der Waals surface area contributed by atoms with E-state index in [-0.39, 0.29) is 5.78 Å². The van der Waals surface area contributed by atoms with E-state index in [0.29, 0.717) is 12.0 Å². The molecule has 3 rings (SSSR count). The first-order chi connectivity index (χ1) is 11.3. The lowest BCUT2D eigenvalue weighted by atomic mass is 9.93. The lowest BCUT2D eigenvalue weighted by Gasteiger charge is -2.12. The molecule has 0 atom stereocenters. The van der Waals surface area contributed by atoms with Crippen LogP contribution in [0.1, 0.15) is 18.1 Å². The van der Waals surface area contributed by atoms with Gasteiger partial charge in [-0.1, -0.05) is 48.5 Å². The van der Waals surface area contributed by atoms with Crippen LogP contribution in [-0.4, -0.2) is 5.78 Å². The van der Waals surface area contributed by atoms with E-state index >= 15 is 0 Å². The van der Waals surface area contributed by atoms with Crippen LogP contribution in [0.2, 0.25) is 0 Å². The Hall–Kier alpha value is -2.62. The average Bonchev–Trinajstić information content (AvgIpc) is 2.53. The molecule has 0 radical (unpaired) electrons. The fourth-order valence-electron chi connectivity index (χ4n) is 2.84. The Bertz CT molecular complexity index is 893. The van der Waals surface area contributed by atoms with Gasteiger partial charge < -0.3 is 0 Å². The molecule has 0 bridgehead atoms. The van der Waals surface area contributed by atoms with Gasteiger partial charge in [-0.2, -0.15) is 13.2 Å². The molecule has 122 valence electrons. The Morgan fingerprint density at radius 3 is 2.25 bits per heavy atom. The minimum absolute atomic E-state index is 0.0450. The summed E-state index contributed by atoms with van der Waals surface area (Å²) in [5, 5.41) is 1.91. The molecule has 0 N–H and O–H groups in total. The lowest BCUT2D eigenvalue weighted by molar-refractivity contribution is -0.137. The van der Waals surface area contributed by atoms with E-state index in [1.165, 1.54) is 19.1 Å². The number of hydrogen-bond acceptors (Lipinski definition) is 1. The van der Waals surface area contributed by atoms with Crippen molar-refractivity contribution in [3.8, 4) is 11.1 Å². The summed E-state index contributed by atoms with van der Waals surface area (Å²) in [5.41, 5.74) is 1.72. The molecule has 0 unspecified atom stereocenters. The summed E-state index contributed by atoms with van der Waals surface area (Å²) >= 11 is 0. The minimum Gasteiger partial charge on any atom is -0.300 e. The lowest BCUT2D eigenvalue weighted by Crippen LogP contribution is -2.04. The van der Waals surface area contributed by atoms with Crippen LogP contribution < -0.4 is 0 Å². The first-order valence-electron chi connectivity index (χ1n) is 7.53. The molecule has 0 saturated heterocycles. The van der Waals surface area contributed by atoms with Crippen molar-refractivity contribution in [2.24, 2.45) is 0 Å². The molecule has 3 aromatic rings. The molecule has 3 aromatic carbocycles. The maximum Gasteiger partial charge on any atom is 0.416 e. The van der Waals surface area contributed by atoms with Gasteiger partial charge in [0.2, 0.25) is 0 Å². The molecule has 0 heterocycles. The van der Waals surface area contributed by atoms with Gasteiger partial charge in [0.25, 0.3) is 0 Å². The van der Waals surface area contributed by atoms with Crippen molar-refractivity contribution in [3.05, 3.63) is 71.8 Å². The van der Waals surface area contributed by atoms with Crippen molar-refractivity contribution in [2.75, 3.05) is 0 Å². The molecule has 0 saturated carbocycles. The fraction of sp³-hybridized carbons (Fsp3) is 0.150. The van der Waals surface area contributed by atoms with Crippen molar-refractivity contribution >= 4 is 16.6 Å². The Morgan fingerprint density at radius 2 is 1.62 bits per heavy atom. The zero-order valence-electron chi connectivity index (χ0n) is 13.0. The van der Waals surface area contributed by atoms with Crippen LogP contribution in [0.3, 0.4) is 0 Å². The molecule has 0 aliphatic rings. The molecule has 0 amide bonds. The summed E-state index contributed by atoms with van der Waals surface area (Å²) < 4.78 is 38.2. The number of carbonyl (C=O) groups is 1. The van der Waals surface area contributed by atoms with Crippen molar-refractivity contribution in [3.63, 3.8) is 0 Å². The summed E-state index contributed by atoms with van der Waals surface area (Å²) in [4.78, 5) is 11.4. The molecular weight excluding hydrogens is 313 g/mol. The average molecular weight is 328 g/mol. The van der Waals surface area contributed by atoms with Crippen LogP contribution in [0.25, 0.3) is 21.9 Å². The predicted molar refractivity (Wildman–Crippen MR) is 88.8 cm³/mol. The van der Waals surface area contributed by atoms with Gasteiger partial charge in [-0.3, -0.25) is 4.79 Å². The van der Waals surface area contributed by atoms with Crippen LogP contribution in [0.4, 0.5) is 13.2 Å². The third-order valence-electron chi connectivity index (χ3n) is 3.90. The number of alkyl halides is 3. The summed E-state index contributed by atoms with van der Waals surface area (Å²) in [6.07, 6.45) is -4.05. The van der Waals surface area contributed by atoms with Gasteiger partial charge in [0.1, 0.15) is 5.78 Å². The quantitative estimate of drug-likeness (QED) is 0.606. The van der Waals surface area contributed by atoms with Crippen molar-refractivity contribution in [2.45, 2.75) is 19.5 Å². The molecule has 0 fully saturated rings. The van der Waals surface area contributed by atoms with Gasteiger partial charge in [0.05, 0.1) is 5.56 Å². The van der Waals surface area contributed by atoms with E-state index in [4.69, 9.17) is 0 Å². The van der Waals surface area contributed by atoms with E-state index < -0.39 is 11.7 Å². The van der Waals surface area contributed by atoms with E-state index in [1.807, 2.05) is 36.4 Å². The fourth-order valence-corrected chi connectivity index (χ4v) is 2.84. The predicted octanol–water partition coefficient (Wildman–Crippen LogP) is 5.66. The number of ketones is 1. The second-order valence-electron chi connectivity index (χ2n) is 5.82. The Balaban J connectivity index is 2.15. The summed E-state index contributed by atoms with van der Waals surface area (Å²) in [6, 6.07) is 16.6. The number of halogens is 3. The third kappa shape index (κ3) is 3.32. The summed E-state index contributed by atoms with van der Waals surface area (Å²) in [7, 11) is 0. The topological polar surface area (TPSA) is 17.1 Å². The highest BCUT2D eigenvalue weighted by Crippen LogP contribution is 2.34. The van der Waals surface area contributed by atoms with Crippen molar-refractivity contribution < 1.29 is 18.0 Å². The van der Waals surface area contributed by atoms with Crippen LogP contribution in [-0.2, 0) is 17.4 Å². The Labute approximate surface area is 137 Å². The Morgan fingerprint density at radius 1 is 0.958 bits per heavy atom. The number of benzene rings is 3. The number of Topliss-reactive ketones (excluding diaryl/α,β-unsaturated/α-hetero) is 1. The Kier molecular flexibility index (Phi) is 4.14. The second-order valence-corrected chi connectivity index (χ2v) is 5.82. The van der Waals surface area contributed by atoms with Gasteiger partial charge in [-0.15, -0.1) is 0 Å². The van der Waals surface area contributed by atoms with E-state index in [0.717, 1.165) is 34.0 Å². The maximum atomic E-state index is 12.7. The second kappa shape index (κ2) is 6.11. The van der Waals surface area contributed by atoms with Gasteiger partial charge >= 0.3 is 6.18 Å². The zero-order chi connectivity index (χ0) is 17.3. The molecular formula is C20H15F3O. The molecule has 0 aliphatic heterocycles. The van der Waals surface area contributed by atoms with E-state index in [9.17, 15) is 18.0 Å². The van der Waals surface area contributed by atoms with Crippen LogP contribution in [0.15, 0.2) is 60.7 Å². The highest BCUT2D eigenvalue weighted by Gasteiger charge is 2.30. The van der Waals surface area contributed by atoms with Gasteiger partial charge in [0.15, 0.2) is 0 Å². The molecule has 24 heavy (non-hydrogen) atoms. The monoisotopic (exact) mass is 328 g/mol. The normalized spacial score (nSPS) is 11.7. The molecule has 0 aliphatic carbocycles. The minimum atomic E-state index is -4.35. The molecule has 0 aromatic heterocycles. The number of hydrogen-bond donors (Lipinski definition) is 0. The highest BCUT2D eigenvalue weighted by atomic mass is 19.4. The van der Waals surface area contributed by atoms with Gasteiger partial charge in [-0.05, 0) is 46.5 Å². The number of rotatable bonds is 3. The first-order valence-corrected chi connectivity index (χ1v) is 7.53. The number of carbonyl (C=O) groups excluding carboxylic acids is 1. The molecule has 0 spiro atoms. The molecule has 4 heteroatoms. The summed E-state index contributed by atoms with van der Waals surface area (Å²) in [5.74, 6) is 0.0450. The maximum absolute atomic E-state index is 12.7. The van der Waals surface area contributed by atoms with Crippen molar-refractivity contribution in [1.29, 1.82) is 0 Å². The van der Waals surface area contributed by atoms with Crippen LogP contribution >= 0.6 is 0 Å². The van der Waals surface area contributed by atoms with E-state index in [2.05, 4.69) is 0 Å². The first kappa shape index (κ1) is 16.2. The van der Waals surface area contributed by atoms with Gasteiger partial charge in [-0.25, -0.2) is 0 Å². The van der Waals surface area contributed by atoms with Gasteiger partial charge in [0, 0.05) is 6.42 Å². The zero-order valence-corrected chi connectivity index (χ0v) is 13.0. The molecule has 1 nitrogen and oxygen atoms in total. The standard InChI is InChI=1S/C20H15F3O/c1-13(24)10-14-11-16-4-2-3-5-18(16)19(12-14)15-6-8-17(9-7-15)20(21,22)23/h2-9,11-12H,10H2,1H3. The highest BCUT2D eigenvalue weighted by molar-refractivity contribution is 5.98. The number of fused-ring (bicyclic) bond motifs is 1. The summed E-state index contributed by atoms with van der Waals surface area (Å²) in [6.45, 7) is 1.52. The SMILES string of the molecule is CC(=O)Cc1cc(-c2ccc(C(F)(F)F)cc2)c2ccccc2c1. The van der Waals surface area contributed by atoms with Crippen LogP contribution in [0.5, 0.6) is 0 Å². The van der Waals surface area contributed by atoms with E-state index in [1.54, 1.807) is 0 Å². The van der Waals surface area contributed by atoms with Crippen LogP contribution in [0, 0.1) is 0 Å².